The molecule has 0 unspecified atom stereocenters. The Balaban J connectivity index is 2.46. The van der Waals surface area contributed by atoms with Crippen LogP contribution in [0.5, 0.6) is 0 Å². The number of aliphatic imine (C=N–C) groups is 2. The van der Waals surface area contributed by atoms with E-state index in [0.717, 1.165) is 17.7 Å². The fourth-order valence-electron chi connectivity index (χ4n) is 0.879. The Morgan fingerprint density at radius 2 is 2.56 bits per heavy atom. The molecule has 0 bridgehead atoms. The highest BCUT2D eigenvalue weighted by Crippen LogP contribution is 2.13. The number of nitrogens with zero attached hydrogens (tertiary/aromatic N) is 2. The summed E-state index contributed by atoms with van der Waals surface area (Å²) in [7, 11) is 0. The highest BCUT2D eigenvalue weighted by Gasteiger charge is 2.09. The first-order valence-electron chi connectivity index (χ1n) is 2.85. The number of hydrogen-bond acceptors (Lipinski definition) is 2. The molecule has 9 heavy (non-hydrogen) atoms. The molecule has 0 aromatic carbocycles. The summed E-state index contributed by atoms with van der Waals surface area (Å²) in [6, 6.07) is 0. The fourth-order valence-corrected chi connectivity index (χ4v) is 0.879. The van der Waals surface area contributed by atoms with Gasteiger partial charge in [-0.3, -0.25) is 9.98 Å². The van der Waals surface area contributed by atoms with Gasteiger partial charge in [-0.2, -0.15) is 0 Å². The van der Waals surface area contributed by atoms with Crippen molar-refractivity contribution in [3.8, 4) is 0 Å². The van der Waals surface area contributed by atoms with Crippen LogP contribution >= 0.6 is 0 Å². The molecule has 2 aliphatic heterocycles. The lowest BCUT2D eigenvalue weighted by molar-refractivity contribution is 1.39. The molecule has 0 amide bonds. The molecule has 2 heteroatoms. The van der Waals surface area contributed by atoms with E-state index in [1.165, 1.54) is 0 Å². The standard InChI is InChI=1S/C7H5N2/c1-4-9-7-2-3-8-5-6(1)7/h1,3-4H,2H2. The molecule has 0 saturated carbocycles. The van der Waals surface area contributed by atoms with E-state index in [-0.39, 0.29) is 0 Å². The third-order valence-electron chi connectivity index (χ3n) is 1.34. The Labute approximate surface area is 53.3 Å². The SMILES string of the molecule is [C]1=C2C=CN=C2CC=N1. The van der Waals surface area contributed by atoms with Crippen LogP contribution in [-0.4, -0.2) is 11.9 Å². The Hall–Kier alpha value is -1.18. The van der Waals surface area contributed by atoms with Gasteiger partial charge in [-0.25, -0.2) is 0 Å². The molecule has 0 aromatic heterocycles. The molecular weight excluding hydrogens is 112 g/mol. The van der Waals surface area contributed by atoms with Crippen molar-refractivity contribution in [2.75, 3.05) is 0 Å². The van der Waals surface area contributed by atoms with E-state index in [4.69, 9.17) is 0 Å². The minimum atomic E-state index is 0.856. The van der Waals surface area contributed by atoms with Gasteiger partial charge in [0.15, 0.2) is 0 Å². The predicted octanol–water partition coefficient (Wildman–Crippen LogP) is 1.12. The monoisotopic (exact) mass is 117 g/mol. The lowest BCUT2D eigenvalue weighted by Gasteiger charge is -1.99. The smallest absolute Gasteiger partial charge is 0.0980 e. The largest absolute Gasteiger partial charge is 0.260 e. The van der Waals surface area contributed by atoms with Crippen LogP contribution in [0.2, 0.25) is 0 Å². The molecule has 2 nitrogen and oxygen atoms in total. The highest BCUT2D eigenvalue weighted by molar-refractivity contribution is 6.11. The van der Waals surface area contributed by atoms with E-state index in [1.807, 2.05) is 12.3 Å². The van der Waals surface area contributed by atoms with Crippen molar-refractivity contribution in [1.82, 2.24) is 0 Å². The van der Waals surface area contributed by atoms with Crippen LogP contribution in [0.3, 0.4) is 0 Å². The maximum Gasteiger partial charge on any atom is 0.0980 e. The van der Waals surface area contributed by atoms with E-state index in [0.29, 0.717) is 0 Å². The Bertz CT molecular complexity index is 244. The van der Waals surface area contributed by atoms with Crippen molar-refractivity contribution in [3.05, 3.63) is 24.0 Å². The molecule has 0 N–H and O–H groups in total. The summed E-state index contributed by atoms with van der Waals surface area (Å²) in [5.74, 6) is 0. The predicted molar refractivity (Wildman–Crippen MR) is 36.4 cm³/mol. The van der Waals surface area contributed by atoms with Crippen LogP contribution in [0.25, 0.3) is 0 Å². The summed E-state index contributed by atoms with van der Waals surface area (Å²) in [6.45, 7) is 0. The van der Waals surface area contributed by atoms with Gasteiger partial charge in [0, 0.05) is 24.4 Å². The lowest BCUT2D eigenvalue weighted by Crippen LogP contribution is -2.01. The van der Waals surface area contributed by atoms with Gasteiger partial charge < -0.3 is 0 Å². The van der Waals surface area contributed by atoms with Crippen LogP contribution in [0.4, 0.5) is 0 Å². The zero-order valence-electron chi connectivity index (χ0n) is 4.83. The van der Waals surface area contributed by atoms with E-state index in [1.54, 1.807) is 6.20 Å². The van der Waals surface area contributed by atoms with Gasteiger partial charge in [0.05, 0.1) is 11.9 Å². The lowest BCUT2D eigenvalue weighted by atomic mass is 10.1. The van der Waals surface area contributed by atoms with Crippen LogP contribution in [0.15, 0.2) is 27.8 Å². The molecule has 2 heterocycles. The van der Waals surface area contributed by atoms with Crippen molar-refractivity contribution >= 4 is 11.9 Å². The van der Waals surface area contributed by atoms with Crippen LogP contribution < -0.4 is 0 Å². The second kappa shape index (κ2) is 1.65. The zero-order chi connectivity index (χ0) is 6.10. The minimum absolute atomic E-state index is 0.856. The van der Waals surface area contributed by atoms with Gasteiger partial charge >= 0.3 is 0 Å². The second-order valence-corrected chi connectivity index (χ2v) is 1.93. The first kappa shape index (κ1) is 4.68. The van der Waals surface area contributed by atoms with Crippen molar-refractivity contribution in [1.29, 1.82) is 0 Å². The summed E-state index contributed by atoms with van der Waals surface area (Å²) in [5, 5.41) is 0. The topological polar surface area (TPSA) is 24.7 Å². The van der Waals surface area contributed by atoms with Crippen molar-refractivity contribution in [2.45, 2.75) is 6.42 Å². The summed E-state index contributed by atoms with van der Waals surface area (Å²) in [6.07, 6.45) is 9.23. The van der Waals surface area contributed by atoms with E-state index in [9.17, 15) is 0 Å². The maximum atomic E-state index is 4.10. The summed E-state index contributed by atoms with van der Waals surface area (Å²) >= 11 is 0. The first-order chi connectivity index (χ1) is 4.47. The Kier molecular flexibility index (Phi) is 0.859. The molecule has 1 radical (unpaired) electrons. The third kappa shape index (κ3) is 0.633. The molecule has 0 aliphatic carbocycles. The third-order valence-corrected chi connectivity index (χ3v) is 1.34. The van der Waals surface area contributed by atoms with Crippen LogP contribution in [0, 0.1) is 6.20 Å². The van der Waals surface area contributed by atoms with Crippen molar-refractivity contribution < 1.29 is 0 Å². The summed E-state index contributed by atoms with van der Waals surface area (Å²) in [4.78, 5) is 7.98. The molecular formula is C7H5N2. The van der Waals surface area contributed by atoms with Gasteiger partial charge in [0.25, 0.3) is 0 Å². The average Bonchev–Trinajstić information content (AvgIpc) is 2.33. The number of allylic oxidation sites excluding steroid dienone is 2. The minimum Gasteiger partial charge on any atom is -0.260 e. The van der Waals surface area contributed by atoms with Crippen LogP contribution in [0.1, 0.15) is 6.42 Å². The molecule has 0 atom stereocenters. The molecule has 0 spiro atoms. The number of fused-ring (bicyclic) bond motifs is 1. The van der Waals surface area contributed by atoms with E-state index < -0.39 is 0 Å². The van der Waals surface area contributed by atoms with Gasteiger partial charge in [-0.1, -0.05) is 0 Å². The van der Waals surface area contributed by atoms with Gasteiger partial charge in [-0.05, 0) is 6.08 Å². The molecule has 0 aromatic rings. The number of rotatable bonds is 0. The fraction of sp³-hybridized carbons (Fsp3) is 0.143. The first-order valence-corrected chi connectivity index (χ1v) is 2.85. The molecule has 2 aliphatic rings. The van der Waals surface area contributed by atoms with Gasteiger partial charge in [0.2, 0.25) is 0 Å². The molecule has 0 fully saturated rings. The molecule has 0 saturated heterocycles. The molecule has 43 valence electrons. The van der Waals surface area contributed by atoms with Crippen molar-refractivity contribution in [2.24, 2.45) is 9.98 Å². The van der Waals surface area contributed by atoms with Gasteiger partial charge in [-0.15, -0.1) is 0 Å². The summed E-state index contributed by atoms with van der Waals surface area (Å²) in [5.41, 5.74) is 2.13. The summed E-state index contributed by atoms with van der Waals surface area (Å²) < 4.78 is 0. The highest BCUT2D eigenvalue weighted by atomic mass is 14.8. The Morgan fingerprint density at radius 3 is 3.44 bits per heavy atom. The average molecular weight is 117 g/mol. The van der Waals surface area contributed by atoms with Gasteiger partial charge in [0.1, 0.15) is 0 Å². The maximum absolute atomic E-state index is 4.10. The molecule has 2 rings (SSSR count). The Morgan fingerprint density at radius 1 is 1.56 bits per heavy atom. The van der Waals surface area contributed by atoms with E-state index >= 15 is 0 Å². The second-order valence-electron chi connectivity index (χ2n) is 1.93. The quantitative estimate of drug-likeness (QED) is 0.454. The van der Waals surface area contributed by atoms with E-state index in [2.05, 4.69) is 16.2 Å². The van der Waals surface area contributed by atoms with Crippen molar-refractivity contribution in [3.63, 3.8) is 0 Å². The normalized spacial score (nSPS) is 21.3. The number of hydrogen-bond donors (Lipinski definition) is 0. The zero-order valence-corrected chi connectivity index (χ0v) is 4.83. The van der Waals surface area contributed by atoms with Crippen LogP contribution in [-0.2, 0) is 0 Å².